The smallest absolute Gasteiger partial charge is 0.359 e. The second-order valence-electron chi connectivity index (χ2n) is 7.47. The summed E-state index contributed by atoms with van der Waals surface area (Å²) in [5.74, 6) is 0.00597. The van der Waals surface area contributed by atoms with E-state index >= 15 is 0 Å². The highest BCUT2D eigenvalue weighted by Gasteiger charge is 2.36. The highest BCUT2D eigenvalue weighted by Crippen LogP contribution is 2.42. The molecule has 0 aromatic carbocycles. The third kappa shape index (κ3) is 4.18. The molecule has 1 aromatic heterocycles. The number of rotatable bonds is 4. The maximum atomic E-state index is 12.4. The SMILES string of the molecule is CCOC(=O)c1nn(C2CCC(Cl)CC2Cl)c(C2CCC(Cl)CC2)c1C. The first kappa shape index (κ1) is 20.3. The van der Waals surface area contributed by atoms with Gasteiger partial charge in [-0.1, -0.05) is 0 Å². The van der Waals surface area contributed by atoms with E-state index in [9.17, 15) is 4.79 Å². The van der Waals surface area contributed by atoms with Crippen molar-refractivity contribution in [2.24, 2.45) is 0 Å². The summed E-state index contributed by atoms with van der Waals surface area (Å²) in [6, 6.07) is 0.0669. The molecule has 3 unspecified atom stereocenters. The van der Waals surface area contributed by atoms with Crippen LogP contribution in [0.15, 0.2) is 0 Å². The Labute approximate surface area is 170 Å². The topological polar surface area (TPSA) is 44.1 Å². The van der Waals surface area contributed by atoms with Gasteiger partial charge in [0, 0.05) is 27.9 Å². The number of nitrogens with zero attached hydrogens (tertiary/aromatic N) is 2. The minimum Gasteiger partial charge on any atom is -0.461 e. The Morgan fingerprint density at radius 1 is 1.12 bits per heavy atom. The van der Waals surface area contributed by atoms with Crippen molar-refractivity contribution in [2.75, 3.05) is 6.61 Å². The van der Waals surface area contributed by atoms with E-state index in [0.717, 1.165) is 56.2 Å². The summed E-state index contributed by atoms with van der Waals surface area (Å²) in [6.45, 7) is 4.13. The van der Waals surface area contributed by atoms with Crippen molar-refractivity contribution in [1.82, 2.24) is 9.78 Å². The first-order chi connectivity index (χ1) is 12.4. The average Bonchev–Trinajstić information content (AvgIpc) is 2.93. The van der Waals surface area contributed by atoms with Gasteiger partial charge in [-0.15, -0.1) is 34.8 Å². The Morgan fingerprint density at radius 3 is 2.38 bits per heavy atom. The van der Waals surface area contributed by atoms with Crippen LogP contribution in [-0.4, -0.2) is 38.5 Å². The summed E-state index contributed by atoms with van der Waals surface area (Å²) in [5, 5.41) is 4.99. The van der Waals surface area contributed by atoms with Gasteiger partial charge in [0.1, 0.15) is 0 Å². The van der Waals surface area contributed by atoms with Crippen LogP contribution in [-0.2, 0) is 4.74 Å². The van der Waals surface area contributed by atoms with Gasteiger partial charge < -0.3 is 4.74 Å². The molecule has 0 spiro atoms. The molecule has 0 amide bonds. The van der Waals surface area contributed by atoms with E-state index in [0.29, 0.717) is 18.2 Å². The zero-order valence-corrected chi connectivity index (χ0v) is 17.7. The Balaban J connectivity index is 1.98. The van der Waals surface area contributed by atoms with Crippen molar-refractivity contribution in [2.45, 2.75) is 86.9 Å². The summed E-state index contributed by atoms with van der Waals surface area (Å²) in [7, 11) is 0. The Morgan fingerprint density at radius 2 is 1.77 bits per heavy atom. The molecular formula is C19H27Cl3N2O2. The largest absolute Gasteiger partial charge is 0.461 e. The van der Waals surface area contributed by atoms with Crippen molar-refractivity contribution in [3.8, 4) is 0 Å². The van der Waals surface area contributed by atoms with E-state index < -0.39 is 0 Å². The molecule has 0 saturated heterocycles. The van der Waals surface area contributed by atoms with E-state index in [1.54, 1.807) is 0 Å². The standard InChI is InChI=1S/C19H27Cl3N2O2/c1-3-26-19(25)17-11(2)18(12-4-6-13(20)7-5-12)24(23-17)16-9-8-14(21)10-15(16)22/h12-16H,3-10H2,1-2H3. The minimum atomic E-state index is -0.354. The van der Waals surface area contributed by atoms with Crippen LogP contribution in [0, 0.1) is 6.92 Å². The quantitative estimate of drug-likeness (QED) is 0.471. The van der Waals surface area contributed by atoms with Crippen molar-refractivity contribution >= 4 is 40.8 Å². The first-order valence-electron chi connectivity index (χ1n) is 9.60. The lowest BCUT2D eigenvalue weighted by molar-refractivity contribution is 0.0517. The fourth-order valence-electron chi connectivity index (χ4n) is 4.32. The summed E-state index contributed by atoms with van der Waals surface area (Å²) in [5.41, 5.74) is 2.49. The summed E-state index contributed by atoms with van der Waals surface area (Å²) in [4.78, 5) is 12.4. The average molecular weight is 422 g/mol. The number of ether oxygens (including phenoxy) is 1. The zero-order valence-electron chi connectivity index (χ0n) is 15.4. The van der Waals surface area contributed by atoms with E-state index in [1.807, 2.05) is 18.5 Å². The van der Waals surface area contributed by atoms with Gasteiger partial charge in [-0.2, -0.15) is 5.10 Å². The van der Waals surface area contributed by atoms with Crippen LogP contribution in [0.4, 0.5) is 0 Å². The zero-order chi connectivity index (χ0) is 18.8. The second-order valence-corrected chi connectivity index (χ2v) is 9.26. The lowest BCUT2D eigenvalue weighted by Gasteiger charge is -2.34. The molecular weight excluding hydrogens is 395 g/mol. The molecule has 1 heterocycles. The number of hydrogen-bond acceptors (Lipinski definition) is 3. The second kappa shape index (κ2) is 8.70. The molecule has 0 bridgehead atoms. The molecule has 3 atom stereocenters. The predicted octanol–water partition coefficient (Wildman–Crippen LogP) is 5.57. The van der Waals surface area contributed by atoms with E-state index in [1.165, 1.54) is 0 Å². The lowest BCUT2D eigenvalue weighted by atomic mass is 9.84. The molecule has 0 aliphatic heterocycles. The van der Waals surface area contributed by atoms with Gasteiger partial charge in [0.25, 0.3) is 0 Å². The molecule has 3 rings (SSSR count). The van der Waals surface area contributed by atoms with E-state index in [2.05, 4.69) is 0 Å². The first-order valence-corrected chi connectivity index (χ1v) is 10.9. The number of carbonyl (C=O) groups is 1. The Bertz CT molecular complexity index is 641. The molecule has 7 heteroatoms. The van der Waals surface area contributed by atoms with Gasteiger partial charge in [0.15, 0.2) is 5.69 Å². The van der Waals surface area contributed by atoms with Crippen LogP contribution in [0.2, 0.25) is 0 Å². The highest BCUT2D eigenvalue weighted by atomic mass is 35.5. The number of alkyl halides is 3. The summed E-state index contributed by atoms with van der Waals surface area (Å²) >= 11 is 19.3. The van der Waals surface area contributed by atoms with Crippen LogP contribution in [0.1, 0.15) is 85.6 Å². The number of carbonyl (C=O) groups excluding carboxylic acids is 1. The van der Waals surface area contributed by atoms with Crippen LogP contribution >= 0.6 is 34.8 Å². The van der Waals surface area contributed by atoms with Gasteiger partial charge in [-0.3, -0.25) is 4.68 Å². The third-order valence-electron chi connectivity index (χ3n) is 5.69. The maximum Gasteiger partial charge on any atom is 0.359 e. The molecule has 146 valence electrons. The van der Waals surface area contributed by atoms with E-state index in [-0.39, 0.29) is 28.1 Å². The number of halogens is 3. The van der Waals surface area contributed by atoms with E-state index in [4.69, 9.17) is 44.6 Å². The molecule has 2 fully saturated rings. The Hall–Kier alpha value is -0.450. The Kier molecular flexibility index (Phi) is 6.79. The third-order valence-corrected chi connectivity index (χ3v) is 7.00. The highest BCUT2D eigenvalue weighted by molar-refractivity contribution is 6.24. The van der Waals surface area contributed by atoms with Crippen molar-refractivity contribution < 1.29 is 9.53 Å². The molecule has 2 aliphatic carbocycles. The van der Waals surface area contributed by atoms with Gasteiger partial charge in [0.2, 0.25) is 0 Å². The van der Waals surface area contributed by atoms with Gasteiger partial charge in [-0.05, 0) is 58.8 Å². The number of esters is 1. The summed E-state index contributed by atoms with van der Waals surface area (Å²) in [6.07, 6.45) is 6.56. The van der Waals surface area contributed by atoms with Crippen LogP contribution in [0.5, 0.6) is 0 Å². The van der Waals surface area contributed by atoms with Gasteiger partial charge >= 0.3 is 5.97 Å². The maximum absolute atomic E-state index is 12.4. The molecule has 0 radical (unpaired) electrons. The molecule has 2 aliphatic rings. The van der Waals surface area contributed by atoms with Crippen LogP contribution in [0.3, 0.4) is 0 Å². The molecule has 26 heavy (non-hydrogen) atoms. The van der Waals surface area contributed by atoms with Gasteiger partial charge in [-0.25, -0.2) is 4.79 Å². The van der Waals surface area contributed by atoms with Crippen molar-refractivity contribution in [3.05, 3.63) is 17.0 Å². The van der Waals surface area contributed by atoms with Crippen molar-refractivity contribution in [1.29, 1.82) is 0 Å². The monoisotopic (exact) mass is 420 g/mol. The minimum absolute atomic E-state index is 0.0669. The van der Waals surface area contributed by atoms with Gasteiger partial charge in [0.05, 0.1) is 18.0 Å². The van der Waals surface area contributed by atoms with Crippen LogP contribution < -0.4 is 0 Å². The molecule has 0 N–H and O–H groups in total. The molecule has 4 nitrogen and oxygen atoms in total. The molecule has 1 aromatic rings. The summed E-state index contributed by atoms with van der Waals surface area (Å²) < 4.78 is 7.25. The number of aromatic nitrogens is 2. The lowest BCUT2D eigenvalue weighted by Crippen LogP contribution is -2.31. The molecule has 2 saturated carbocycles. The van der Waals surface area contributed by atoms with Crippen LogP contribution in [0.25, 0.3) is 0 Å². The predicted molar refractivity (Wildman–Crippen MR) is 106 cm³/mol. The van der Waals surface area contributed by atoms with Crippen molar-refractivity contribution in [3.63, 3.8) is 0 Å². The fourth-order valence-corrected chi connectivity index (χ4v) is 5.43. The fraction of sp³-hybridized carbons (Fsp3) is 0.789. The normalized spacial score (nSPS) is 32.4. The number of hydrogen-bond donors (Lipinski definition) is 0.